The molecule has 258 valence electrons. The van der Waals surface area contributed by atoms with Crippen LogP contribution >= 0.6 is 0 Å². The molecule has 2 heterocycles. The molecule has 0 atom stereocenters. The molecule has 0 fully saturated rings. The second kappa shape index (κ2) is 10.6. The van der Waals surface area contributed by atoms with Crippen molar-refractivity contribution in [3.8, 4) is 22.3 Å². The Balaban J connectivity index is 1.00. The van der Waals surface area contributed by atoms with Gasteiger partial charge < -0.3 is 8.83 Å². The molecule has 11 aromatic carbocycles. The van der Waals surface area contributed by atoms with E-state index < -0.39 is 0 Å². The maximum atomic E-state index is 14.6. The van der Waals surface area contributed by atoms with Crippen LogP contribution in [0.15, 0.2) is 176 Å². The largest absolute Gasteiger partial charge is 0.456 e. The van der Waals surface area contributed by atoms with Gasteiger partial charge in [0.1, 0.15) is 22.1 Å². The lowest BCUT2D eigenvalue weighted by Crippen LogP contribution is -2.07. The minimum absolute atomic E-state index is 0.190. The molecule has 0 bridgehead atoms. The average Bonchev–Trinajstić information content (AvgIpc) is 3.24. The van der Waals surface area contributed by atoms with Gasteiger partial charge in [0.25, 0.3) is 0 Å². The highest BCUT2D eigenvalue weighted by Gasteiger charge is 2.20. The lowest BCUT2D eigenvalue weighted by atomic mass is 9.89. The monoisotopic (exact) mass is 714 g/mol. The van der Waals surface area contributed by atoms with Crippen LogP contribution in [0.3, 0.4) is 0 Å². The third-order valence-electron chi connectivity index (χ3n) is 12.2. The molecule has 0 N–H and O–H groups in total. The van der Waals surface area contributed by atoms with E-state index in [0.717, 1.165) is 33.0 Å². The summed E-state index contributed by atoms with van der Waals surface area (Å²) in [5.41, 5.74) is 4.99. The maximum Gasteiger partial charge on any atom is 0.204 e. The molecule has 0 aliphatic rings. The predicted molar refractivity (Wildman–Crippen MR) is 232 cm³/mol. The van der Waals surface area contributed by atoms with Gasteiger partial charge in [-0.25, -0.2) is 0 Å². The minimum Gasteiger partial charge on any atom is -0.456 e. The molecular formula is C52H26O4. The van der Waals surface area contributed by atoms with E-state index in [0.29, 0.717) is 32.9 Å². The van der Waals surface area contributed by atoms with Crippen molar-refractivity contribution >= 4 is 109 Å². The number of hydrogen-bond donors (Lipinski definition) is 0. The van der Waals surface area contributed by atoms with Crippen molar-refractivity contribution in [1.82, 2.24) is 0 Å². The molecule has 0 unspecified atom stereocenters. The van der Waals surface area contributed by atoms with Gasteiger partial charge in [-0.1, -0.05) is 121 Å². The average molecular weight is 715 g/mol. The summed E-state index contributed by atoms with van der Waals surface area (Å²) in [7, 11) is 0. The van der Waals surface area contributed by atoms with Crippen LogP contribution in [0.25, 0.3) is 131 Å². The topological polar surface area (TPSA) is 60.4 Å². The highest BCUT2D eigenvalue weighted by atomic mass is 16.3. The van der Waals surface area contributed by atoms with Crippen LogP contribution in [0.5, 0.6) is 0 Å². The van der Waals surface area contributed by atoms with Crippen molar-refractivity contribution in [2.24, 2.45) is 0 Å². The minimum atomic E-state index is -0.237. The lowest BCUT2D eigenvalue weighted by molar-refractivity contribution is 0.649. The highest BCUT2D eigenvalue weighted by Crippen LogP contribution is 2.42. The first-order chi connectivity index (χ1) is 27.6. The molecule has 4 nitrogen and oxygen atoms in total. The van der Waals surface area contributed by atoms with Crippen molar-refractivity contribution in [3.05, 3.63) is 178 Å². The Morgan fingerprint density at radius 1 is 0.304 bits per heavy atom. The van der Waals surface area contributed by atoms with E-state index in [1.807, 2.05) is 36.4 Å². The summed E-state index contributed by atoms with van der Waals surface area (Å²) in [6.45, 7) is 0. The molecule has 4 heteroatoms. The van der Waals surface area contributed by atoms with Crippen molar-refractivity contribution in [2.75, 3.05) is 0 Å². The fourth-order valence-electron chi connectivity index (χ4n) is 9.56. The zero-order valence-corrected chi connectivity index (χ0v) is 29.6. The molecule has 0 radical (unpaired) electrons. The molecule has 13 aromatic rings. The Labute approximate surface area is 316 Å². The van der Waals surface area contributed by atoms with Gasteiger partial charge in [0.05, 0.1) is 16.2 Å². The van der Waals surface area contributed by atoms with Crippen LogP contribution in [-0.2, 0) is 0 Å². The van der Waals surface area contributed by atoms with E-state index >= 15 is 0 Å². The summed E-state index contributed by atoms with van der Waals surface area (Å²) in [6.07, 6.45) is 0. The summed E-state index contributed by atoms with van der Waals surface area (Å²) in [5.74, 6) is 0. The van der Waals surface area contributed by atoms with Crippen LogP contribution in [-0.4, -0.2) is 0 Å². The van der Waals surface area contributed by atoms with Gasteiger partial charge in [0.2, 0.25) is 10.9 Å². The summed E-state index contributed by atoms with van der Waals surface area (Å²) >= 11 is 0. The Kier molecular flexibility index (Phi) is 5.63. The smallest absolute Gasteiger partial charge is 0.204 e. The normalized spacial score (nSPS) is 12.4. The first-order valence-corrected chi connectivity index (χ1v) is 18.8. The second-order valence-corrected chi connectivity index (χ2v) is 15.0. The lowest BCUT2D eigenvalue weighted by Gasteiger charge is -2.14. The third kappa shape index (κ3) is 3.87. The van der Waals surface area contributed by atoms with Gasteiger partial charge in [0.15, 0.2) is 5.58 Å². The highest BCUT2D eigenvalue weighted by molar-refractivity contribution is 6.27. The summed E-state index contributed by atoms with van der Waals surface area (Å²) in [6, 6.07) is 53.7. The molecule has 0 aliphatic heterocycles. The number of hydrogen-bond acceptors (Lipinski definition) is 4. The number of fused-ring (bicyclic) bond motifs is 5. The zero-order chi connectivity index (χ0) is 36.8. The van der Waals surface area contributed by atoms with Crippen LogP contribution in [0.1, 0.15) is 0 Å². The fourth-order valence-corrected chi connectivity index (χ4v) is 9.56. The van der Waals surface area contributed by atoms with Gasteiger partial charge in [-0.05, 0) is 123 Å². The van der Waals surface area contributed by atoms with Crippen molar-refractivity contribution in [1.29, 1.82) is 0 Å². The molecule has 0 saturated heterocycles. The standard InChI is InChI=1S/C52H26O4/c53-50-39-21-24-44-49(51(54)41-26-34(15-22-42(41)55-44)36-18-12-32-10-8-28-4-2-6-30-14-20-38(36)48(32)46(28)30)52(39)56-43-23-16-33(25-40(43)50)35-17-11-31-9-7-27-3-1-5-29-13-19-37(35)47(31)45(27)29/h1-26H. The molecule has 2 aromatic heterocycles. The zero-order valence-electron chi connectivity index (χ0n) is 29.6. The predicted octanol–water partition coefficient (Wildman–Crippen LogP) is 13.3. The SMILES string of the molecule is O=c1c2cc(-c3ccc4ccc5cccc6ccc3c4c56)ccc2oc2c1ccc1oc3ccc(-c4ccc5ccc6cccc7ccc4c5c67)cc3c(=O)c12. The fraction of sp³-hybridized carbons (Fsp3) is 0. The first-order valence-electron chi connectivity index (χ1n) is 18.8. The van der Waals surface area contributed by atoms with Crippen molar-refractivity contribution in [3.63, 3.8) is 0 Å². The molecule has 0 spiro atoms. The summed E-state index contributed by atoms with van der Waals surface area (Å²) in [4.78, 5) is 28.9. The molecule has 56 heavy (non-hydrogen) atoms. The van der Waals surface area contributed by atoms with Crippen LogP contribution < -0.4 is 10.9 Å². The summed E-state index contributed by atoms with van der Waals surface area (Å²) < 4.78 is 12.9. The number of rotatable bonds is 2. The van der Waals surface area contributed by atoms with Gasteiger partial charge >= 0.3 is 0 Å². The Morgan fingerprint density at radius 3 is 1.29 bits per heavy atom. The van der Waals surface area contributed by atoms with Crippen molar-refractivity contribution in [2.45, 2.75) is 0 Å². The molecule has 13 rings (SSSR count). The van der Waals surface area contributed by atoms with Crippen molar-refractivity contribution < 1.29 is 8.83 Å². The van der Waals surface area contributed by atoms with E-state index in [1.165, 1.54) is 53.9 Å². The van der Waals surface area contributed by atoms with Crippen LogP contribution in [0.2, 0.25) is 0 Å². The van der Waals surface area contributed by atoms with Gasteiger partial charge in [-0.3, -0.25) is 9.59 Å². The van der Waals surface area contributed by atoms with E-state index in [1.54, 1.807) is 12.1 Å². The molecule has 0 amide bonds. The van der Waals surface area contributed by atoms with Crippen LogP contribution in [0.4, 0.5) is 0 Å². The maximum absolute atomic E-state index is 14.6. The molecular weight excluding hydrogens is 689 g/mol. The molecule has 0 aliphatic carbocycles. The molecule has 0 saturated carbocycles. The van der Waals surface area contributed by atoms with E-state index in [2.05, 4.69) is 109 Å². The Bertz CT molecular complexity index is 3950. The van der Waals surface area contributed by atoms with Gasteiger partial charge in [0, 0.05) is 0 Å². The van der Waals surface area contributed by atoms with E-state index in [4.69, 9.17) is 8.83 Å². The number of benzene rings is 11. The van der Waals surface area contributed by atoms with E-state index in [9.17, 15) is 9.59 Å². The van der Waals surface area contributed by atoms with Crippen LogP contribution in [0, 0.1) is 0 Å². The van der Waals surface area contributed by atoms with Gasteiger partial charge in [-0.2, -0.15) is 0 Å². The quantitative estimate of drug-likeness (QED) is 0.132. The Hall–Kier alpha value is -7.56. The third-order valence-corrected chi connectivity index (χ3v) is 12.2. The first kappa shape index (κ1) is 29.8. The van der Waals surface area contributed by atoms with Gasteiger partial charge in [-0.15, -0.1) is 0 Å². The summed E-state index contributed by atoms with van der Waals surface area (Å²) in [5, 5.41) is 15.8. The van der Waals surface area contributed by atoms with E-state index in [-0.39, 0.29) is 21.8 Å². The Morgan fingerprint density at radius 2 is 0.732 bits per heavy atom. The second-order valence-electron chi connectivity index (χ2n) is 15.0.